The van der Waals surface area contributed by atoms with Crippen molar-refractivity contribution in [2.45, 2.75) is 13.0 Å². The quantitative estimate of drug-likeness (QED) is 0.676. The Hall–Kier alpha value is -1.52. The third kappa shape index (κ3) is 4.31. The number of nitrogens with zero attached hydrogens (tertiary/aromatic N) is 2. The second-order valence-corrected chi connectivity index (χ2v) is 6.66. The van der Waals surface area contributed by atoms with Crippen molar-refractivity contribution in [3.63, 3.8) is 0 Å². The van der Waals surface area contributed by atoms with Crippen LogP contribution in [0.15, 0.2) is 27.3 Å². The van der Waals surface area contributed by atoms with Crippen LogP contribution >= 0.6 is 43.5 Å². The van der Waals surface area contributed by atoms with Crippen molar-refractivity contribution in [1.29, 1.82) is 0 Å². The lowest BCUT2D eigenvalue weighted by atomic mass is 10.1. The average molecular weight is 486 g/mol. The first-order valence-corrected chi connectivity index (χ1v) is 8.27. The lowest BCUT2D eigenvalue weighted by molar-refractivity contribution is 0.0988. The van der Waals surface area contributed by atoms with E-state index in [1.807, 2.05) is 0 Å². The van der Waals surface area contributed by atoms with Crippen LogP contribution in [0.1, 0.15) is 20.8 Å². The standard InChI is InChI=1S/C13H9Br2ClF2N4O2/c14-7-2-5(16)1-6(12(19)23)11(7)20-13(24)8-3-9(15)21-22(8)4-10(17)18/h1-3,10H,4H2,(H2,19,23)(H,20,24). The van der Waals surface area contributed by atoms with Gasteiger partial charge < -0.3 is 11.1 Å². The van der Waals surface area contributed by atoms with Gasteiger partial charge in [-0.25, -0.2) is 8.78 Å². The molecule has 0 bridgehead atoms. The lowest BCUT2D eigenvalue weighted by Crippen LogP contribution is -2.22. The number of alkyl halides is 2. The summed E-state index contributed by atoms with van der Waals surface area (Å²) in [5.74, 6) is -1.55. The van der Waals surface area contributed by atoms with E-state index in [9.17, 15) is 18.4 Å². The van der Waals surface area contributed by atoms with Crippen molar-refractivity contribution >= 4 is 61.0 Å². The van der Waals surface area contributed by atoms with Gasteiger partial charge in [0.15, 0.2) is 0 Å². The number of rotatable bonds is 5. The van der Waals surface area contributed by atoms with Gasteiger partial charge >= 0.3 is 0 Å². The van der Waals surface area contributed by atoms with Gasteiger partial charge in [-0.05, 0) is 44.0 Å². The molecule has 1 heterocycles. The summed E-state index contributed by atoms with van der Waals surface area (Å²) in [4.78, 5) is 23.9. The van der Waals surface area contributed by atoms with Crippen LogP contribution in [-0.2, 0) is 6.54 Å². The van der Waals surface area contributed by atoms with Gasteiger partial charge in [-0.15, -0.1) is 0 Å². The molecule has 2 aromatic rings. The molecule has 24 heavy (non-hydrogen) atoms. The number of benzene rings is 1. The maximum absolute atomic E-state index is 12.6. The summed E-state index contributed by atoms with van der Waals surface area (Å²) >= 11 is 12.1. The molecule has 2 rings (SSSR count). The van der Waals surface area contributed by atoms with Crippen LogP contribution in [0.2, 0.25) is 5.02 Å². The van der Waals surface area contributed by atoms with Gasteiger partial charge in [0.2, 0.25) is 0 Å². The van der Waals surface area contributed by atoms with Gasteiger partial charge in [0.25, 0.3) is 18.2 Å². The molecule has 0 aliphatic heterocycles. The van der Waals surface area contributed by atoms with Crippen molar-refractivity contribution in [2.75, 3.05) is 5.32 Å². The molecule has 11 heteroatoms. The highest BCUT2D eigenvalue weighted by Crippen LogP contribution is 2.31. The molecule has 0 unspecified atom stereocenters. The van der Waals surface area contributed by atoms with E-state index in [0.717, 1.165) is 4.68 Å². The van der Waals surface area contributed by atoms with E-state index in [4.69, 9.17) is 17.3 Å². The van der Waals surface area contributed by atoms with E-state index >= 15 is 0 Å². The zero-order valence-corrected chi connectivity index (χ0v) is 15.6. The normalized spacial score (nSPS) is 10.9. The fourth-order valence-electron chi connectivity index (χ4n) is 1.91. The molecule has 0 saturated carbocycles. The molecule has 1 aromatic carbocycles. The number of carbonyl (C=O) groups is 2. The number of nitrogens with one attached hydrogen (secondary N) is 1. The summed E-state index contributed by atoms with van der Waals surface area (Å²) in [5, 5.41) is 6.47. The topological polar surface area (TPSA) is 90.0 Å². The fraction of sp³-hybridized carbons (Fsp3) is 0.154. The second kappa shape index (κ2) is 7.58. The average Bonchev–Trinajstić information content (AvgIpc) is 2.81. The highest BCUT2D eigenvalue weighted by molar-refractivity contribution is 9.10. The molecule has 6 nitrogen and oxygen atoms in total. The zero-order valence-electron chi connectivity index (χ0n) is 11.7. The molecule has 2 amide bonds. The predicted octanol–water partition coefficient (Wildman–Crippen LogP) is 3.68. The Balaban J connectivity index is 2.39. The zero-order chi connectivity index (χ0) is 18.0. The van der Waals surface area contributed by atoms with Crippen LogP contribution in [0.3, 0.4) is 0 Å². The number of anilines is 1. The number of hydrogen-bond donors (Lipinski definition) is 2. The molecule has 0 saturated heterocycles. The minimum Gasteiger partial charge on any atom is -0.366 e. The first kappa shape index (κ1) is 18.8. The van der Waals surface area contributed by atoms with Crippen LogP contribution in [0.4, 0.5) is 14.5 Å². The minimum atomic E-state index is -2.69. The smallest absolute Gasteiger partial charge is 0.274 e. The van der Waals surface area contributed by atoms with Crippen LogP contribution in [-0.4, -0.2) is 28.0 Å². The van der Waals surface area contributed by atoms with Gasteiger partial charge in [-0.2, -0.15) is 5.10 Å². The van der Waals surface area contributed by atoms with E-state index in [-0.39, 0.29) is 26.6 Å². The number of hydrogen-bond acceptors (Lipinski definition) is 3. The monoisotopic (exact) mass is 484 g/mol. The first-order chi connectivity index (χ1) is 11.2. The van der Waals surface area contributed by atoms with Crippen molar-refractivity contribution < 1.29 is 18.4 Å². The molecule has 0 atom stereocenters. The summed E-state index contributed by atoms with van der Waals surface area (Å²) in [6, 6.07) is 4.03. The predicted molar refractivity (Wildman–Crippen MR) is 91.6 cm³/mol. The first-order valence-electron chi connectivity index (χ1n) is 6.30. The molecular formula is C13H9Br2ClF2N4O2. The Morgan fingerprint density at radius 3 is 2.58 bits per heavy atom. The lowest BCUT2D eigenvalue weighted by Gasteiger charge is -2.12. The van der Waals surface area contributed by atoms with E-state index in [0.29, 0.717) is 4.47 Å². The van der Waals surface area contributed by atoms with E-state index in [2.05, 4.69) is 42.3 Å². The Labute approximate surface area is 156 Å². The maximum atomic E-state index is 12.6. The highest BCUT2D eigenvalue weighted by Gasteiger charge is 2.21. The molecule has 1 aromatic heterocycles. The Kier molecular flexibility index (Phi) is 5.94. The third-order valence-corrected chi connectivity index (χ3v) is 4.08. The SMILES string of the molecule is NC(=O)c1cc(Cl)cc(Br)c1NC(=O)c1cc(Br)nn1CC(F)F. The summed E-state index contributed by atoms with van der Waals surface area (Å²) in [6.07, 6.45) is -2.69. The van der Waals surface area contributed by atoms with Crippen molar-refractivity contribution in [3.8, 4) is 0 Å². The van der Waals surface area contributed by atoms with Crippen LogP contribution in [0.5, 0.6) is 0 Å². The summed E-state index contributed by atoms with van der Waals surface area (Å²) in [7, 11) is 0. The van der Waals surface area contributed by atoms with Gasteiger partial charge in [0, 0.05) is 15.6 Å². The van der Waals surface area contributed by atoms with Crippen LogP contribution in [0, 0.1) is 0 Å². The van der Waals surface area contributed by atoms with Crippen LogP contribution < -0.4 is 11.1 Å². The van der Waals surface area contributed by atoms with Gasteiger partial charge in [-0.1, -0.05) is 11.6 Å². The third-order valence-electron chi connectivity index (χ3n) is 2.85. The van der Waals surface area contributed by atoms with Gasteiger partial charge in [0.1, 0.15) is 16.8 Å². The van der Waals surface area contributed by atoms with Crippen molar-refractivity contribution in [1.82, 2.24) is 9.78 Å². The van der Waals surface area contributed by atoms with Crippen molar-refractivity contribution in [3.05, 3.63) is 43.6 Å². The number of carbonyl (C=O) groups excluding carboxylic acids is 2. The summed E-state index contributed by atoms with van der Waals surface area (Å²) in [5.41, 5.74) is 5.22. The largest absolute Gasteiger partial charge is 0.366 e. The van der Waals surface area contributed by atoms with E-state index in [1.54, 1.807) is 0 Å². The molecule has 0 spiro atoms. The van der Waals surface area contributed by atoms with Gasteiger partial charge in [-0.3, -0.25) is 14.3 Å². The second-order valence-electron chi connectivity index (χ2n) is 4.55. The minimum absolute atomic E-state index is 0.0262. The van der Waals surface area contributed by atoms with Crippen molar-refractivity contribution in [2.24, 2.45) is 5.73 Å². The summed E-state index contributed by atoms with van der Waals surface area (Å²) < 4.78 is 26.6. The Morgan fingerprint density at radius 2 is 2.00 bits per heavy atom. The Bertz CT molecular complexity index is 814. The van der Waals surface area contributed by atoms with E-state index in [1.165, 1.54) is 18.2 Å². The molecule has 0 fully saturated rings. The number of aromatic nitrogens is 2. The number of primary amides is 1. The molecule has 128 valence electrons. The van der Waals surface area contributed by atoms with E-state index < -0.39 is 24.8 Å². The van der Waals surface area contributed by atoms with Crippen LogP contribution in [0.25, 0.3) is 0 Å². The molecule has 0 radical (unpaired) electrons. The number of halogens is 5. The van der Waals surface area contributed by atoms with Gasteiger partial charge in [0.05, 0.1) is 11.3 Å². The summed E-state index contributed by atoms with van der Waals surface area (Å²) in [6.45, 7) is -0.751. The highest BCUT2D eigenvalue weighted by atomic mass is 79.9. The maximum Gasteiger partial charge on any atom is 0.274 e. The fourth-order valence-corrected chi connectivity index (χ4v) is 3.23. The Morgan fingerprint density at radius 1 is 1.33 bits per heavy atom. The number of nitrogens with two attached hydrogens (primary N) is 1. The molecule has 3 N–H and O–H groups in total. The molecular weight excluding hydrogens is 477 g/mol. The molecule has 0 aliphatic carbocycles. The number of amides is 2. The molecule has 0 aliphatic rings.